The van der Waals surface area contributed by atoms with Crippen molar-refractivity contribution in [2.24, 2.45) is 0 Å². The zero-order valence-corrected chi connectivity index (χ0v) is 18.1. The Balaban J connectivity index is 0.00000280. The smallest absolute Gasteiger partial charge is 0.341 e. The largest absolute Gasteiger partial charge is 0.462 e. The number of fused-ring (bicyclic) bond motifs is 1. The summed E-state index contributed by atoms with van der Waals surface area (Å²) in [5.41, 5.74) is 4.19. The summed E-state index contributed by atoms with van der Waals surface area (Å²) in [7, 11) is 0. The van der Waals surface area contributed by atoms with Crippen LogP contribution in [0.15, 0.2) is 24.3 Å². The SMILES string of the molecule is CCOC(=O)c1c(NC(=O)c2c(C)nc3ccccc3c2C)sc(C)c1C.Cl. The van der Waals surface area contributed by atoms with Gasteiger partial charge in [-0.25, -0.2) is 4.79 Å². The lowest BCUT2D eigenvalue weighted by Gasteiger charge is -2.13. The third kappa shape index (κ3) is 3.88. The van der Waals surface area contributed by atoms with E-state index >= 15 is 0 Å². The fraction of sp³-hybridized carbons (Fsp3) is 0.286. The van der Waals surface area contributed by atoms with Crippen LogP contribution in [0.2, 0.25) is 0 Å². The van der Waals surface area contributed by atoms with Crippen LogP contribution in [0.4, 0.5) is 5.00 Å². The Labute approximate surface area is 174 Å². The number of thiophene rings is 1. The minimum Gasteiger partial charge on any atom is -0.462 e. The fourth-order valence-corrected chi connectivity index (χ4v) is 4.24. The molecule has 5 nitrogen and oxygen atoms in total. The Kier molecular flexibility index (Phi) is 6.80. The standard InChI is InChI=1S/C21H22N2O3S.ClH/c1-6-26-21(25)18-11(2)14(5)27-20(18)23-19(24)17-12(3)15-9-7-8-10-16(15)22-13(17)4;/h7-10H,6H2,1-5H3,(H,23,24);1H. The summed E-state index contributed by atoms with van der Waals surface area (Å²) in [6.45, 7) is 9.58. The number of benzene rings is 1. The number of hydrogen-bond donors (Lipinski definition) is 1. The number of aromatic nitrogens is 1. The summed E-state index contributed by atoms with van der Waals surface area (Å²) < 4.78 is 5.16. The Bertz CT molecular complexity index is 1060. The summed E-state index contributed by atoms with van der Waals surface area (Å²) in [5, 5.41) is 4.37. The molecule has 0 aliphatic carbocycles. The molecule has 3 aromatic rings. The second kappa shape index (κ2) is 8.71. The van der Waals surface area contributed by atoms with Crippen LogP contribution in [0.3, 0.4) is 0 Å². The van der Waals surface area contributed by atoms with E-state index in [0.29, 0.717) is 21.8 Å². The number of hydrogen-bond acceptors (Lipinski definition) is 5. The maximum atomic E-state index is 13.1. The number of carbonyl (C=O) groups is 2. The van der Waals surface area contributed by atoms with Gasteiger partial charge in [0.15, 0.2) is 0 Å². The second-order valence-corrected chi connectivity index (χ2v) is 7.60. The van der Waals surface area contributed by atoms with Gasteiger partial charge in [-0.1, -0.05) is 18.2 Å². The van der Waals surface area contributed by atoms with Gasteiger partial charge in [-0.05, 0) is 51.8 Å². The van der Waals surface area contributed by atoms with Crippen molar-refractivity contribution in [1.82, 2.24) is 4.98 Å². The van der Waals surface area contributed by atoms with Crippen molar-refractivity contribution in [3.05, 3.63) is 57.1 Å². The van der Waals surface area contributed by atoms with Crippen LogP contribution >= 0.6 is 23.7 Å². The molecular weight excluding hydrogens is 396 g/mol. The van der Waals surface area contributed by atoms with Crippen molar-refractivity contribution in [1.29, 1.82) is 0 Å². The highest BCUT2D eigenvalue weighted by atomic mass is 35.5. The number of pyridine rings is 1. The van der Waals surface area contributed by atoms with Gasteiger partial charge in [0.25, 0.3) is 5.91 Å². The average molecular weight is 419 g/mol. The van der Waals surface area contributed by atoms with E-state index in [1.165, 1.54) is 11.3 Å². The minimum absolute atomic E-state index is 0. The van der Waals surface area contributed by atoms with Crippen LogP contribution in [0, 0.1) is 27.7 Å². The summed E-state index contributed by atoms with van der Waals surface area (Å²) in [6, 6.07) is 7.74. The van der Waals surface area contributed by atoms with Crippen LogP contribution in [-0.2, 0) is 4.74 Å². The molecule has 0 saturated heterocycles. The molecule has 1 aromatic carbocycles. The number of halogens is 1. The number of aryl methyl sites for hydroxylation is 3. The van der Waals surface area contributed by atoms with Gasteiger partial charge in [-0.15, -0.1) is 23.7 Å². The molecule has 148 valence electrons. The van der Waals surface area contributed by atoms with Gasteiger partial charge in [0.2, 0.25) is 0 Å². The van der Waals surface area contributed by atoms with Crippen molar-refractivity contribution in [2.75, 3.05) is 11.9 Å². The van der Waals surface area contributed by atoms with E-state index in [2.05, 4.69) is 10.3 Å². The van der Waals surface area contributed by atoms with Crippen molar-refractivity contribution < 1.29 is 14.3 Å². The molecule has 2 aromatic heterocycles. The van der Waals surface area contributed by atoms with E-state index in [-0.39, 0.29) is 24.9 Å². The molecule has 1 amide bonds. The molecule has 3 rings (SSSR count). The van der Waals surface area contributed by atoms with Crippen LogP contribution < -0.4 is 5.32 Å². The van der Waals surface area contributed by atoms with E-state index in [4.69, 9.17) is 4.74 Å². The highest BCUT2D eigenvalue weighted by Crippen LogP contribution is 2.34. The Morgan fingerprint density at radius 3 is 2.43 bits per heavy atom. The summed E-state index contributed by atoms with van der Waals surface area (Å²) >= 11 is 1.38. The number of para-hydroxylation sites is 1. The van der Waals surface area contributed by atoms with Crippen molar-refractivity contribution >= 4 is 51.5 Å². The first kappa shape index (κ1) is 21.9. The average Bonchev–Trinajstić information content (AvgIpc) is 2.89. The molecule has 2 heterocycles. The summed E-state index contributed by atoms with van der Waals surface area (Å²) in [4.78, 5) is 30.9. The Morgan fingerprint density at radius 2 is 1.75 bits per heavy atom. The first-order valence-corrected chi connectivity index (χ1v) is 9.61. The number of nitrogens with zero attached hydrogens (tertiary/aromatic N) is 1. The molecule has 0 spiro atoms. The summed E-state index contributed by atoms with van der Waals surface area (Å²) in [5.74, 6) is -0.685. The van der Waals surface area contributed by atoms with Crippen LogP contribution in [0.5, 0.6) is 0 Å². The molecule has 0 unspecified atom stereocenters. The number of amides is 1. The Morgan fingerprint density at radius 1 is 1.07 bits per heavy atom. The highest BCUT2D eigenvalue weighted by Gasteiger charge is 2.24. The molecule has 28 heavy (non-hydrogen) atoms. The topological polar surface area (TPSA) is 68.3 Å². The van der Waals surface area contributed by atoms with Crippen LogP contribution in [0.1, 0.15) is 49.3 Å². The number of ether oxygens (including phenoxy) is 1. The lowest BCUT2D eigenvalue weighted by molar-refractivity contribution is 0.0527. The fourth-order valence-electron chi connectivity index (χ4n) is 3.20. The van der Waals surface area contributed by atoms with Crippen LogP contribution in [0.25, 0.3) is 10.9 Å². The molecule has 0 aliphatic heterocycles. The third-order valence-electron chi connectivity index (χ3n) is 4.65. The van der Waals surface area contributed by atoms with E-state index in [0.717, 1.165) is 26.9 Å². The lowest BCUT2D eigenvalue weighted by Crippen LogP contribution is -2.18. The maximum absolute atomic E-state index is 13.1. The molecule has 0 aliphatic rings. The number of anilines is 1. The van der Waals surface area contributed by atoms with Crippen LogP contribution in [-0.4, -0.2) is 23.5 Å². The lowest BCUT2D eigenvalue weighted by atomic mass is 10.0. The predicted octanol–water partition coefficient (Wildman–Crippen LogP) is 5.38. The Hall–Kier alpha value is -2.44. The second-order valence-electron chi connectivity index (χ2n) is 6.38. The number of nitrogens with one attached hydrogen (secondary N) is 1. The first-order valence-electron chi connectivity index (χ1n) is 8.79. The van der Waals surface area contributed by atoms with Gasteiger partial charge < -0.3 is 10.1 Å². The normalized spacial score (nSPS) is 10.5. The monoisotopic (exact) mass is 418 g/mol. The van der Waals surface area contributed by atoms with Gasteiger partial charge in [0.05, 0.1) is 28.9 Å². The van der Waals surface area contributed by atoms with Crippen molar-refractivity contribution in [3.63, 3.8) is 0 Å². The molecule has 0 saturated carbocycles. The molecule has 0 bridgehead atoms. The van der Waals surface area contributed by atoms with Gasteiger partial charge in [0.1, 0.15) is 5.00 Å². The van der Waals surface area contributed by atoms with E-state index < -0.39 is 5.97 Å². The van der Waals surface area contributed by atoms with E-state index in [9.17, 15) is 9.59 Å². The minimum atomic E-state index is -0.417. The first-order chi connectivity index (χ1) is 12.8. The highest BCUT2D eigenvalue weighted by molar-refractivity contribution is 7.16. The predicted molar refractivity (Wildman–Crippen MR) is 116 cm³/mol. The van der Waals surface area contributed by atoms with E-state index in [1.807, 2.05) is 52.0 Å². The molecular formula is C21H23ClN2O3S. The zero-order valence-electron chi connectivity index (χ0n) is 16.5. The molecule has 7 heteroatoms. The van der Waals surface area contributed by atoms with Gasteiger partial charge in [-0.2, -0.15) is 0 Å². The number of esters is 1. The maximum Gasteiger partial charge on any atom is 0.341 e. The third-order valence-corrected chi connectivity index (χ3v) is 5.77. The summed E-state index contributed by atoms with van der Waals surface area (Å²) in [6.07, 6.45) is 0. The van der Waals surface area contributed by atoms with Gasteiger partial charge in [-0.3, -0.25) is 9.78 Å². The van der Waals surface area contributed by atoms with Gasteiger partial charge >= 0.3 is 5.97 Å². The van der Waals surface area contributed by atoms with Crippen molar-refractivity contribution in [3.8, 4) is 0 Å². The molecule has 0 fully saturated rings. The molecule has 1 N–H and O–H groups in total. The van der Waals surface area contributed by atoms with Gasteiger partial charge in [0, 0.05) is 10.3 Å². The molecule has 0 radical (unpaired) electrons. The zero-order chi connectivity index (χ0) is 19.7. The molecule has 0 atom stereocenters. The quantitative estimate of drug-likeness (QED) is 0.577. The van der Waals surface area contributed by atoms with Crippen molar-refractivity contribution in [2.45, 2.75) is 34.6 Å². The number of carbonyl (C=O) groups excluding carboxylic acids is 2. The van der Waals surface area contributed by atoms with E-state index in [1.54, 1.807) is 6.92 Å². The number of rotatable bonds is 4.